The molecule has 0 aromatic carbocycles. The molecule has 0 aliphatic rings. The fraction of sp³-hybridized carbons (Fsp3) is 0.400. The maximum Gasteiger partial charge on any atom is 0.339 e. The van der Waals surface area contributed by atoms with Gasteiger partial charge in [-0.1, -0.05) is 6.92 Å². The van der Waals surface area contributed by atoms with Gasteiger partial charge in [-0.2, -0.15) is 10.2 Å². The van der Waals surface area contributed by atoms with Crippen LogP contribution in [0.2, 0.25) is 0 Å². The van der Waals surface area contributed by atoms with Gasteiger partial charge in [0.2, 0.25) is 0 Å². The van der Waals surface area contributed by atoms with Gasteiger partial charge in [0.25, 0.3) is 11.8 Å². The van der Waals surface area contributed by atoms with Crippen LogP contribution >= 0.6 is 0 Å². The summed E-state index contributed by atoms with van der Waals surface area (Å²) in [4.78, 5) is 35.9. The Morgan fingerprint density at radius 2 is 1.96 bits per heavy atom. The third kappa shape index (κ3) is 3.84. The third-order valence-electron chi connectivity index (χ3n) is 3.47. The molecule has 2 heterocycles. The first kappa shape index (κ1) is 18.2. The molecule has 25 heavy (non-hydrogen) atoms. The van der Waals surface area contributed by atoms with Gasteiger partial charge in [-0.15, -0.1) is 0 Å². The van der Waals surface area contributed by atoms with Crippen LogP contribution in [0.1, 0.15) is 51.6 Å². The average Bonchev–Trinajstić information content (AvgIpc) is 3.16. The highest BCUT2D eigenvalue weighted by Gasteiger charge is 2.24. The minimum Gasteiger partial charge on any atom is -0.478 e. The molecule has 0 saturated heterocycles. The second-order valence-electron chi connectivity index (χ2n) is 5.29. The monoisotopic (exact) mass is 348 g/mol. The summed E-state index contributed by atoms with van der Waals surface area (Å²) in [5.41, 5.74) is -0.0581. The van der Waals surface area contributed by atoms with Gasteiger partial charge < -0.3 is 15.7 Å². The van der Waals surface area contributed by atoms with Gasteiger partial charge in [-0.05, 0) is 13.3 Å². The normalized spacial score (nSPS) is 10.5. The second kappa shape index (κ2) is 7.60. The number of nitrogens with one attached hydrogen (secondary N) is 2. The highest BCUT2D eigenvalue weighted by molar-refractivity contribution is 6.11. The number of carboxylic acids is 1. The Bertz CT molecular complexity index is 807. The molecule has 0 radical (unpaired) electrons. The van der Waals surface area contributed by atoms with Crippen LogP contribution in [-0.4, -0.2) is 49.0 Å². The Morgan fingerprint density at radius 1 is 1.24 bits per heavy atom. The van der Waals surface area contributed by atoms with E-state index in [1.54, 1.807) is 0 Å². The van der Waals surface area contributed by atoms with Crippen LogP contribution in [0.15, 0.2) is 12.4 Å². The van der Waals surface area contributed by atoms with Crippen LogP contribution in [0, 0.1) is 0 Å². The number of rotatable bonds is 7. The molecule has 2 rings (SSSR count). The number of carbonyl (C=O) groups is 3. The van der Waals surface area contributed by atoms with E-state index in [-0.39, 0.29) is 22.6 Å². The average molecular weight is 348 g/mol. The molecule has 0 spiro atoms. The summed E-state index contributed by atoms with van der Waals surface area (Å²) in [6.45, 7) is 4.76. The predicted molar refractivity (Wildman–Crippen MR) is 88.6 cm³/mol. The number of aromatic nitrogens is 4. The zero-order valence-electron chi connectivity index (χ0n) is 14.2. The highest BCUT2D eigenvalue weighted by Crippen LogP contribution is 2.17. The molecule has 0 fully saturated rings. The lowest BCUT2D eigenvalue weighted by Crippen LogP contribution is -2.26. The Balaban J connectivity index is 2.32. The fourth-order valence-corrected chi connectivity index (χ4v) is 2.21. The predicted octanol–water partition coefficient (Wildman–Crippen LogP) is 0.727. The van der Waals surface area contributed by atoms with Crippen molar-refractivity contribution in [3.8, 4) is 0 Å². The first-order valence-corrected chi connectivity index (χ1v) is 7.81. The molecule has 3 N–H and O–H groups in total. The van der Waals surface area contributed by atoms with Gasteiger partial charge in [-0.25, -0.2) is 4.79 Å². The van der Waals surface area contributed by atoms with Crippen molar-refractivity contribution in [2.75, 3.05) is 11.9 Å². The number of aryl methyl sites for hydroxylation is 2. The number of aromatic carboxylic acids is 1. The zero-order valence-corrected chi connectivity index (χ0v) is 14.2. The van der Waals surface area contributed by atoms with Gasteiger partial charge in [0.15, 0.2) is 5.69 Å². The molecule has 2 aromatic heterocycles. The van der Waals surface area contributed by atoms with E-state index in [0.29, 0.717) is 13.1 Å². The Hall–Kier alpha value is -3.17. The summed E-state index contributed by atoms with van der Waals surface area (Å²) in [6, 6.07) is 0. The van der Waals surface area contributed by atoms with E-state index >= 15 is 0 Å². The summed E-state index contributed by atoms with van der Waals surface area (Å²) in [5.74, 6) is -2.35. The van der Waals surface area contributed by atoms with Gasteiger partial charge in [0, 0.05) is 26.3 Å². The number of anilines is 1. The molecule has 0 atom stereocenters. The number of carboxylic acid groups (broad SMARTS) is 1. The molecule has 0 bridgehead atoms. The molecule has 0 aliphatic carbocycles. The van der Waals surface area contributed by atoms with E-state index in [2.05, 4.69) is 20.8 Å². The van der Waals surface area contributed by atoms with Crippen LogP contribution in [-0.2, 0) is 13.6 Å². The van der Waals surface area contributed by atoms with Crippen molar-refractivity contribution in [1.82, 2.24) is 24.9 Å². The molecule has 2 amide bonds. The summed E-state index contributed by atoms with van der Waals surface area (Å²) >= 11 is 0. The summed E-state index contributed by atoms with van der Waals surface area (Å²) in [7, 11) is 1.46. The number of carbonyl (C=O) groups excluding carboxylic acids is 2. The molecule has 0 aliphatic heterocycles. The van der Waals surface area contributed by atoms with Crippen LogP contribution in [0.25, 0.3) is 0 Å². The lowest BCUT2D eigenvalue weighted by atomic mass is 10.2. The van der Waals surface area contributed by atoms with Crippen molar-refractivity contribution in [1.29, 1.82) is 0 Å². The van der Waals surface area contributed by atoms with Gasteiger partial charge in [0.1, 0.15) is 11.3 Å². The molecular formula is C15H20N6O4. The van der Waals surface area contributed by atoms with Crippen molar-refractivity contribution in [2.45, 2.75) is 26.8 Å². The highest BCUT2D eigenvalue weighted by atomic mass is 16.4. The van der Waals surface area contributed by atoms with E-state index in [1.807, 2.05) is 13.8 Å². The molecule has 2 aromatic rings. The van der Waals surface area contributed by atoms with Gasteiger partial charge >= 0.3 is 5.97 Å². The maximum atomic E-state index is 12.5. The standard InChI is InChI=1S/C15H20N6O4/c1-4-6-16-13(22)11-10(8-21(5-2)19-11)18-14(23)12-9(15(24)25)7-17-20(12)3/h7-8H,4-6H2,1-3H3,(H,16,22)(H,18,23)(H,24,25). The van der Waals surface area contributed by atoms with Crippen LogP contribution in [0.4, 0.5) is 5.69 Å². The maximum absolute atomic E-state index is 12.5. The Morgan fingerprint density at radius 3 is 2.56 bits per heavy atom. The lowest BCUT2D eigenvalue weighted by Gasteiger charge is -2.07. The Kier molecular flexibility index (Phi) is 5.52. The van der Waals surface area contributed by atoms with Crippen molar-refractivity contribution in [3.05, 3.63) is 29.3 Å². The summed E-state index contributed by atoms with van der Waals surface area (Å²) < 4.78 is 2.68. The largest absolute Gasteiger partial charge is 0.478 e. The Labute approximate surface area is 143 Å². The third-order valence-corrected chi connectivity index (χ3v) is 3.47. The van der Waals surface area contributed by atoms with Crippen molar-refractivity contribution in [3.63, 3.8) is 0 Å². The minimum absolute atomic E-state index is 0.0719. The van der Waals surface area contributed by atoms with E-state index in [4.69, 9.17) is 5.11 Å². The molecule has 10 nitrogen and oxygen atoms in total. The van der Waals surface area contributed by atoms with Gasteiger partial charge in [0.05, 0.1) is 11.9 Å². The number of hydrogen-bond acceptors (Lipinski definition) is 5. The number of amides is 2. The van der Waals surface area contributed by atoms with Crippen molar-refractivity contribution in [2.24, 2.45) is 7.05 Å². The second-order valence-corrected chi connectivity index (χ2v) is 5.29. The SMILES string of the molecule is CCCNC(=O)c1nn(CC)cc1NC(=O)c1c(C(=O)O)cnn1C. The quantitative estimate of drug-likeness (QED) is 0.676. The van der Waals surface area contributed by atoms with Crippen LogP contribution in [0.5, 0.6) is 0 Å². The summed E-state index contributed by atoms with van der Waals surface area (Å²) in [5, 5.41) is 22.4. The fourth-order valence-electron chi connectivity index (χ4n) is 2.21. The van der Waals surface area contributed by atoms with Crippen LogP contribution < -0.4 is 10.6 Å². The smallest absolute Gasteiger partial charge is 0.339 e. The lowest BCUT2D eigenvalue weighted by molar-refractivity contribution is 0.0692. The van der Waals surface area contributed by atoms with Crippen molar-refractivity contribution >= 4 is 23.5 Å². The first-order chi connectivity index (χ1) is 11.9. The van der Waals surface area contributed by atoms with Gasteiger partial charge in [-0.3, -0.25) is 19.0 Å². The molecule has 0 unspecified atom stereocenters. The molecule has 10 heteroatoms. The number of hydrogen-bond donors (Lipinski definition) is 3. The van der Waals surface area contributed by atoms with Crippen molar-refractivity contribution < 1.29 is 19.5 Å². The van der Waals surface area contributed by atoms with E-state index < -0.39 is 17.8 Å². The van der Waals surface area contributed by atoms with Crippen LogP contribution in [0.3, 0.4) is 0 Å². The minimum atomic E-state index is -1.26. The summed E-state index contributed by atoms with van der Waals surface area (Å²) in [6.07, 6.45) is 3.38. The first-order valence-electron chi connectivity index (χ1n) is 7.81. The number of nitrogens with zero attached hydrogens (tertiary/aromatic N) is 4. The molecule has 0 saturated carbocycles. The zero-order chi connectivity index (χ0) is 18.6. The molecular weight excluding hydrogens is 328 g/mol. The molecule has 134 valence electrons. The van der Waals surface area contributed by atoms with E-state index in [0.717, 1.165) is 12.6 Å². The van der Waals surface area contributed by atoms with E-state index in [1.165, 1.54) is 22.6 Å². The van der Waals surface area contributed by atoms with E-state index in [9.17, 15) is 14.4 Å². The topological polar surface area (TPSA) is 131 Å².